The fourth-order valence-electron chi connectivity index (χ4n) is 2.16. The molecular weight excluding hydrogens is 198 g/mol. The van der Waals surface area contributed by atoms with Crippen LogP contribution in [0.2, 0.25) is 0 Å². The Morgan fingerprint density at radius 2 is 2.00 bits per heavy atom. The summed E-state index contributed by atoms with van der Waals surface area (Å²) in [7, 11) is 0. The highest BCUT2D eigenvalue weighted by atomic mass is 15.0. The van der Waals surface area contributed by atoms with Gasteiger partial charge in [0, 0.05) is 17.3 Å². The summed E-state index contributed by atoms with van der Waals surface area (Å²) in [5.74, 6) is 0. The Kier molecular flexibility index (Phi) is 1.72. The second-order valence-electron chi connectivity index (χ2n) is 4.21. The second-order valence-corrected chi connectivity index (χ2v) is 4.21. The van der Waals surface area contributed by atoms with Crippen molar-refractivity contribution in [3.8, 4) is 0 Å². The number of rotatable bonds is 0. The van der Waals surface area contributed by atoms with Gasteiger partial charge < -0.3 is 5.73 Å². The summed E-state index contributed by atoms with van der Waals surface area (Å²) >= 11 is 0. The third kappa shape index (κ3) is 1.18. The number of pyridine rings is 1. The van der Waals surface area contributed by atoms with Gasteiger partial charge >= 0.3 is 0 Å². The Hall–Kier alpha value is -2.03. The number of aromatic nitrogens is 2. The van der Waals surface area contributed by atoms with E-state index in [-0.39, 0.29) is 0 Å². The van der Waals surface area contributed by atoms with Gasteiger partial charge in [0.1, 0.15) is 5.65 Å². The van der Waals surface area contributed by atoms with E-state index < -0.39 is 0 Å². The zero-order valence-electron chi connectivity index (χ0n) is 9.36. The first-order valence-electron chi connectivity index (χ1n) is 5.30. The van der Waals surface area contributed by atoms with Gasteiger partial charge in [-0.2, -0.15) is 0 Å². The summed E-state index contributed by atoms with van der Waals surface area (Å²) in [5, 5.41) is 1.19. The van der Waals surface area contributed by atoms with Gasteiger partial charge in [-0.05, 0) is 43.7 Å². The van der Waals surface area contributed by atoms with E-state index in [1.807, 2.05) is 31.3 Å². The summed E-state index contributed by atoms with van der Waals surface area (Å²) in [4.78, 5) is 4.48. The lowest BCUT2D eigenvalue weighted by atomic mass is 10.1. The van der Waals surface area contributed by atoms with E-state index in [0.29, 0.717) is 0 Å². The summed E-state index contributed by atoms with van der Waals surface area (Å²) in [6.07, 6.45) is 2.05. The highest BCUT2D eigenvalue weighted by molar-refractivity contribution is 5.88. The van der Waals surface area contributed by atoms with Crippen molar-refractivity contribution in [2.75, 3.05) is 5.73 Å². The fourth-order valence-corrected chi connectivity index (χ4v) is 2.16. The van der Waals surface area contributed by atoms with Crippen LogP contribution in [-0.2, 0) is 0 Å². The first-order chi connectivity index (χ1) is 7.65. The normalized spacial score (nSPS) is 11.4. The molecule has 3 aromatic rings. The average molecular weight is 211 g/mol. The molecule has 80 valence electrons. The number of imidazole rings is 1. The topological polar surface area (TPSA) is 43.3 Å². The molecule has 0 aliphatic carbocycles. The fraction of sp³-hybridized carbons (Fsp3) is 0.154. The molecule has 0 fully saturated rings. The zero-order valence-corrected chi connectivity index (χ0v) is 9.36. The molecule has 2 heterocycles. The highest BCUT2D eigenvalue weighted by Gasteiger charge is 2.05. The predicted octanol–water partition coefficient (Wildman–Crippen LogP) is 2.69. The van der Waals surface area contributed by atoms with Crippen LogP contribution in [0.25, 0.3) is 16.6 Å². The Balaban J connectivity index is 2.58. The monoisotopic (exact) mass is 211 g/mol. The lowest BCUT2D eigenvalue weighted by Crippen LogP contribution is -1.92. The van der Waals surface area contributed by atoms with E-state index in [0.717, 1.165) is 22.5 Å². The minimum Gasteiger partial charge on any atom is -0.399 e. The number of fused-ring (bicyclic) bond motifs is 3. The van der Waals surface area contributed by atoms with Crippen molar-refractivity contribution in [2.24, 2.45) is 0 Å². The van der Waals surface area contributed by atoms with Gasteiger partial charge in [0.25, 0.3) is 0 Å². The molecule has 0 saturated heterocycles. The van der Waals surface area contributed by atoms with Crippen LogP contribution in [0.4, 0.5) is 5.69 Å². The predicted molar refractivity (Wildman–Crippen MR) is 66.6 cm³/mol. The highest BCUT2D eigenvalue weighted by Crippen LogP contribution is 2.23. The summed E-state index contributed by atoms with van der Waals surface area (Å²) in [6, 6.07) is 8.08. The molecule has 3 heteroatoms. The van der Waals surface area contributed by atoms with Crippen LogP contribution in [-0.4, -0.2) is 9.38 Å². The quantitative estimate of drug-likeness (QED) is 0.581. The number of hydrogen-bond acceptors (Lipinski definition) is 2. The molecule has 0 spiro atoms. The molecule has 0 amide bonds. The van der Waals surface area contributed by atoms with Crippen LogP contribution in [0, 0.1) is 13.8 Å². The van der Waals surface area contributed by atoms with Gasteiger partial charge in [0.2, 0.25) is 0 Å². The molecule has 2 aromatic heterocycles. The Morgan fingerprint density at radius 1 is 1.19 bits per heavy atom. The Labute approximate surface area is 93.5 Å². The molecule has 3 nitrogen and oxygen atoms in total. The first-order valence-corrected chi connectivity index (χ1v) is 5.30. The van der Waals surface area contributed by atoms with E-state index in [4.69, 9.17) is 5.73 Å². The molecule has 1 aromatic carbocycles. The molecule has 16 heavy (non-hydrogen) atoms. The maximum absolute atomic E-state index is 5.82. The smallest absolute Gasteiger partial charge is 0.137 e. The third-order valence-electron chi connectivity index (χ3n) is 2.90. The minimum atomic E-state index is 0.798. The van der Waals surface area contributed by atoms with Crippen molar-refractivity contribution in [3.63, 3.8) is 0 Å². The Morgan fingerprint density at radius 3 is 2.81 bits per heavy atom. The van der Waals surface area contributed by atoms with Gasteiger partial charge in [-0.1, -0.05) is 0 Å². The van der Waals surface area contributed by atoms with Gasteiger partial charge in [0.15, 0.2) is 0 Å². The summed E-state index contributed by atoms with van der Waals surface area (Å²) < 4.78 is 2.11. The molecule has 0 aliphatic rings. The van der Waals surface area contributed by atoms with Crippen molar-refractivity contribution >= 4 is 22.2 Å². The lowest BCUT2D eigenvalue weighted by molar-refractivity contribution is 1.24. The molecular formula is C13H13N3. The number of benzene rings is 1. The average Bonchev–Trinajstić information content (AvgIpc) is 2.59. The van der Waals surface area contributed by atoms with Crippen LogP contribution in [0.3, 0.4) is 0 Å². The second kappa shape index (κ2) is 2.98. The lowest BCUT2D eigenvalue weighted by Gasteiger charge is -2.06. The molecule has 0 aliphatic heterocycles. The standard InChI is InChI=1S/C13H13N3/c1-8-5-13-15-9(2)7-16(13)12-4-3-10(14)6-11(8)12/h3-7H,14H2,1-2H3. The van der Waals surface area contributed by atoms with Gasteiger partial charge in [0.05, 0.1) is 11.2 Å². The molecule has 0 unspecified atom stereocenters. The summed E-state index contributed by atoms with van der Waals surface area (Å²) in [5.41, 5.74) is 11.0. The zero-order chi connectivity index (χ0) is 11.3. The third-order valence-corrected chi connectivity index (χ3v) is 2.90. The number of nitrogens with zero attached hydrogens (tertiary/aromatic N) is 2. The molecule has 0 saturated carbocycles. The van der Waals surface area contributed by atoms with Gasteiger partial charge in [-0.3, -0.25) is 4.40 Å². The van der Waals surface area contributed by atoms with Crippen molar-refractivity contribution in [3.05, 3.63) is 41.7 Å². The van der Waals surface area contributed by atoms with E-state index in [9.17, 15) is 0 Å². The SMILES string of the molecule is Cc1cn2c(cc(C)c3cc(N)ccc32)n1. The number of nitrogens with two attached hydrogens (primary N) is 1. The van der Waals surface area contributed by atoms with Gasteiger partial charge in [-0.25, -0.2) is 4.98 Å². The van der Waals surface area contributed by atoms with Crippen LogP contribution in [0.1, 0.15) is 11.3 Å². The maximum atomic E-state index is 5.82. The van der Waals surface area contributed by atoms with E-state index in [2.05, 4.69) is 22.4 Å². The molecule has 3 rings (SSSR count). The number of aryl methyl sites for hydroxylation is 2. The minimum absolute atomic E-state index is 0.798. The number of nitrogen functional groups attached to an aromatic ring is 1. The van der Waals surface area contributed by atoms with Crippen molar-refractivity contribution in [1.82, 2.24) is 9.38 Å². The Bertz CT molecular complexity index is 695. The van der Waals surface area contributed by atoms with Crippen molar-refractivity contribution < 1.29 is 0 Å². The number of hydrogen-bond donors (Lipinski definition) is 1. The first kappa shape index (κ1) is 9.21. The molecule has 2 N–H and O–H groups in total. The summed E-state index contributed by atoms with van der Waals surface area (Å²) in [6.45, 7) is 4.09. The van der Waals surface area contributed by atoms with E-state index in [1.165, 1.54) is 10.9 Å². The van der Waals surface area contributed by atoms with Crippen LogP contribution in [0.5, 0.6) is 0 Å². The van der Waals surface area contributed by atoms with E-state index in [1.54, 1.807) is 0 Å². The van der Waals surface area contributed by atoms with Crippen LogP contribution in [0.15, 0.2) is 30.5 Å². The van der Waals surface area contributed by atoms with E-state index >= 15 is 0 Å². The maximum Gasteiger partial charge on any atom is 0.137 e. The van der Waals surface area contributed by atoms with Crippen LogP contribution >= 0.6 is 0 Å². The van der Waals surface area contributed by atoms with Crippen LogP contribution < -0.4 is 5.73 Å². The molecule has 0 bridgehead atoms. The largest absolute Gasteiger partial charge is 0.399 e. The van der Waals surface area contributed by atoms with Crippen molar-refractivity contribution in [2.45, 2.75) is 13.8 Å². The van der Waals surface area contributed by atoms with Crippen molar-refractivity contribution in [1.29, 1.82) is 0 Å². The number of anilines is 1. The molecule has 0 atom stereocenters. The van der Waals surface area contributed by atoms with Gasteiger partial charge in [-0.15, -0.1) is 0 Å². The molecule has 0 radical (unpaired) electrons.